The first-order valence-corrected chi connectivity index (χ1v) is 8.19. The van der Waals surface area contributed by atoms with Crippen molar-refractivity contribution >= 4 is 27.5 Å². The van der Waals surface area contributed by atoms with Gasteiger partial charge in [-0.05, 0) is 60.4 Å². The van der Waals surface area contributed by atoms with E-state index in [1.54, 1.807) is 13.0 Å². The van der Waals surface area contributed by atoms with Crippen LogP contribution in [0, 0.1) is 12.7 Å². The normalized spacial score (nSPS) is 17.5. The van der Waals surface area contributed by atoms with Crippen molar-refractivity contribution in [1.82, 2.24) is 5.32 Å². The maximum Gasteiger partial charge on any atom is 0.226 e. The average Bonchev–Trinajstić information content (AvgIpc) is 2.45. The molecule has 5 heteroatoms. The zero-order chi connectivity index (χ0) is 15.5. The summed E-state index contributed by atoms with van der Waals surface area (Å²) >= 11 is 3.15. The fraction of sp³-hybridized carbons (Fsp3) is 0.562. The molecule has 1 aliphatic rings. The number of nitrogens with one attached hydrogen (secondary N) is 2. The second kappa shape index (κ2) is 6.88. The third kappa shape index (κ3) is 4.04. The lowest BCUT2D eigenvalue weighted by atomic mass is 9.79. The van der Waals surface area contributed by atoms with Gasteiger partial charge in [-0.2, -0.15) is 0 Å². The first-order valence-electron chi connectivity index (χ1n) is 7.40. The number of carbonyl (C=O) groups is 1. The van der Waals surface area contributed by atoms with E-state index >= 15 is 0 Å². The number of benzene rings is 1. The molecule has 1 aromatic rings. The minimum Gasteiger partial charge on any atom is -0.326 e. The molecular weight excluding hydrogens is 335 g/mol. The van der Waals surface area contributed by atoms with Crippen molar-refractivity contribution in [3.8, 4) is 0 Å². The Balaban J connectivity index is 2.06. The highest BCUT2D eigenvalue weighted by molar-refractivity contribution is 9.10. The van der Waals surface area contributed by atoms with Gasteiger partial charge in [-0.1, -0.05) is 19.3 Å². The molecule has 0 spiro atoms. The van der Waals surface area contributed by atoms with E-state index in [-0.39, 0.29) is 17.3 Å². The summed E-state index contributed by atoms with van der Waals surface area (Å²) in [6.45, 7) is 1.79. The molecule has 1 aromatic carbocycles. The molecule has 0 saturated heterocycles. The molecule has 1 saturated carbocycles. The van der Waals surface area contributed by atoms with Crippen LogP contribution in [0.15, 0.2) is 16.6 Å². The van der Waals surface area contributed by atoms with Gasteiger partial charge in [-0.25, -0.2) is 4.39 Å². The van der Waals surface area contributed by atoms with Crippen LogP contribution in [-0.4, -0.2) is 18.5 Å². The van der Waals surface area contributed by atoms with Gasteiger partial charge >= 0.3 is 0 Å². The second-order valence-electron chi connectivity index (χ2n) is 5.90. The van der Waals surface area contributed by atoms with Gasteiger partial charge in [0.1, 0.15) is 5.82 Å². The van der Waals surface area contributed by atoms with Gasteiger partial charge in [-0.3, -0.25) is 4.79 Å². The number of rotatable bonds is 4. The Labute approximate surface area is 133 Å². The topological polar surface area (TPSA) is 41.1 Å². The van der Waals surface area contributed by atoms with Gasteiger partial charge in [0.15, 0.2) is 0 Å². The van der Waals surface area contributed by atoms with Gasteiger partial charge in [-0.15, -0.1) is 0 Å². The van der Waals surface area contributed by atoms with E-state index in [2.05, 4.69) is 26.6 Å². The van der Waals surface area contributed by atoms with Crippen LogP contribution in [0.4, 0.5) is 10.1 Å². The number of hydrogen-bond acceptors (Lipinski definition) is 2. The molecule has 0 radical (unpaired) electrons. The maximum atomic E-state index is 13.4. The Hall–Kier alpha value is -0.940. The molecule has 0 aromatic heterocycles. The molecule has 0 bridgehead atoms. The van der Waals surface area contributed by atoms with Crippen LogP contribution in [0.25, 0.3) is 0 Å². The average molecular weight is 357 g/mol. The zero-order valence-corrected chi connectivity index (χ0v) is 14.1. The Morgan fingerprint density at radius 1 is 1.33 bits per heavy atom. The van der Waals surface area contributed by atoms with Crippen LogP contribution >= 0.6 is 15.9 Å². The second-order valence-corrected chi connectivity index (χ2v) is 6.75. The zero-order valence-electron chi connectivity index (χ0n) is 12.6. The first-order chi connectivity index (χ1) is 9.96. The largest absolute Gasteiger partial charge is 0.326 e. The molecule has 0 aliphatic heterocycles. The molecule has 21 heavy (non-hydrogen) atoms. The molecular formula is C16H22BrFN2O. The first kappa shape index (κ1) is 16.4. The summed E-state index contributed by atoms with van der Waals surface area (Å²) in [5.74, 6) is -0.336. The van der Waals surface area contributed by atoms with Crippen molar-refractivity contribution < 1.29 is 9.18 Å². The number of anilines is 1. The monoisotopic (exact) mass is 356 g/mol. The van der Waals surface area contributed by atoms with Crippen molar-refractivity contribution in [2.45, 2.75) is 51.0 Å². The summed E-state index contributed by atoms with van der Waals surface area (Å²) in [4.78, 5) is 12.3. The van der Waals surface area contributed by atoms with Crippen LogP contribution in [0.5, 0.6) is 0 Å². The third-order valence-electron chi connectivity index (χ3n) is 4.38. The summed E-state index contributed by atoms with van der Waals surface area (Å²) in [5.41, 5.74) is 1.30. The standard InChI is InChI=1S/C16H22BrFN2O/c1-11-8-13(18)12(17)9-14(11)20-15(21)10-16(19-2)6-4-3-5-7-16/h8-9,19H,3-7,10H2,1-2H3,(H,20,21). The van der Waals surface area contributed by atoms with Gasteiger partial charge in [0, 0.05) is 17.6 Å². The molecule has 0 unspecified atom stereocenters. The molecule has 1 amide bonds. The van der Waals surface area contributed by atoms with Crippen molar-refractivity contribution in [2.24, 2.45) is 0 Å². The Morgan fingerprint density at radius 3 is 2.62 bits per heavy atom. The van der Waals surface area contributed by atoms with E-state index in [1.165, 1.54) is 12.5 Å². The number of amides is 1. The van der Waals surface area contributed by atoms with Gasteiger partial charge in [0.05, 0.1) is 4.47 Å². The molecule has 0 heterocycles. The lowest BCUT2D eigenvalue weighted by Gasteiger charge is -2.36. The van der Waals surface area contributed by atoms with Gasteiger partial charge in [0.25, 0.3) is 0 Å². The highest BCUT2D eigenvalue weighted by atomic mass is 79.9. The molecule has 0 atom stereocenters. The fourth-order valence-electron chi connectivity index (χ4n) is 3.03. The number of halogens is 2. The van der Waals surface area contributed by atoms with Gasteiger partial charge < -0.3 is 10.6 Å². The van der Waals surface area contributed by atoms with E-state index in [4.69, 9.17) is 0 Å². The summed E-state index contributed by atoms with van der Waals surface area (Å²) in [5, 5.41) is 6.25. The predicted molar refractivity (Wildman–Crippen MR) is 87.0 cm³/mol. The molecule has 2 rings (SSSR count). The van der Waals surface area contributed by atoms with E-state index in [1.807, 2.05) is 7.05 Å². The third-order valence-corrected chi connectivity index (χ3v) is 4.99. The van der Waals surface area contributed by atoms with E-state index in [0.717, 1.165) is 31.2 Å². The van der Waals surface area contributed by atoms with E-state index in [9.17, 15) is 9.18 Å². The number of aryl methyl sites for hydroxylation is 1. The predicted octanol–water partition coefficient (Wildman–Crippen LogP) is 4.15. The maximum absolute atomic E-state index is 13.4. The quantitative estimate of drug-likeness (QED) is 0.850. The lowest BCUT2D eigenvalue weighted by molar-refractivity contribution is -0.117. The van der Waals surface area contributed by atoms with Crippen LogP contribution in [0.3, 0.4) is 0 Å². The Morgan fingerprint density at radius 2 is 2.00 bits per heavy atom. The smallest absolute Gasteiger partial charge is 0.226 e. The Kier molecular flexibility index (Phi) is 5.38. The molecule has 116 valence electrons. The number of hydrogen-bond donors (Lipinski definition) is 2. The SMILES string of the molecule is CNC1(CC(=O)Nc2cc(Br)c(F)cc2C)CCCCC1. The van der Waals surface area contributed by atoms with E-state index < -0.39 is 0 Å². The summed E-state index contributed by atoms with van der Waals surface area (Å²) in [6, 6.07) is 3.05. The highest BCUT2D eigenvalue weighted by Gasteiger charge is 2.32. The van der Waals surface area contributed by atoms with E-state index in [0.29, 0.717) is 16.6 Å². The molecule has 2 N–H and O–H groups in total. The molecule has 3 nitrogen and oxygen atoms in total. The summed E-state index contributed by atoms with van der Waals surface area (Å²) in [6.07, 6.45) is 6.09. The minimum absolute atomic E-state index is 0.0205. The van der Waals surface area contributed by atoms with Crippen LogP contribution < -0.4 is 10.6 Å². The van der Waals surface area contributed by atoms with Crippen molar-refractivity contribution in [3.05, 3.63) is 28.0 Å². The van der Waals surface area contributed by atoms with Crippen LogP contribution in [-0.2, 0) is 4.79 Å². The fourth-order valence-corrected chi connectivity index (χ4v) is 3.37. The highest BCUT2D eigenvalue weighted by Crippen LogP contribution is 2.31. The Bertz CT molecular complexity index is 527. The summed E-state index contributed by atoms with van der Waals surface area (Å²) < 4.78 is 13.8. The van der Waals surface area contributed by atoms with Gasteiger partial charge in [0.2, 0.25) is 5.91 Å². The summed E-state index contributed by atoms with van der Waals surface area (Å²) in [7, 11) is 1.93. The van der Waals surface area contributed by atoms with Crippen molar-refractivity contribution in [1.29, 1.82) is 0 Å². The molecule has 1 fully saturated rings. The minimum atomic E-state index is -0.315. The van der Waals surface area contributed by atoms with Crippen LogP contribution in [0.1, 0.15) is 44.1 Å². The lowest BCUT2D eigenvalue weighted by Crippen LogP contribution is -2.47. The number of carbonyl (C=O) groups excluding carboxylic acids is 1. The molecule has 1 aliphatic carbocycles. The van der Waals surface area contributed by atoms with Crippen LogP contribution in [0.2, 0.25) is 0 Å². The van der Waals surface area contributed by atoms with Crippen molar-refractivity contribution in [3.63, 3.8) is 0 Å². The van der Waals surface area contributed by atoms with Crippen molar-refractivity contribution in [2.75, 3.05) is 12.4 Å².